The number of nitrogens with two attached hydrogens (primary N) is 1. The molecule has 2 aromatic rings. The van der Waals surface area contributed by atoms with Crippen molar-refractivity contribution in [3.05, 3.63) is 50.5 Å². The predicted octanol–water partition coefficient (Wildman–Crippen LogP) is 0.801. The summed E-state index contributed by atoms with van der Waals surface area (Å²) in [6.07, 6.45) is 0. The molecular formula is C13H7ClFN3O4. The molecule has 0 radical (unpaired) electrons. The molecule has 0 bridgehead atoms. The van der Waals surface area contributed by atoms with Crippen LogP contribution in [0.4, 0.5) is 10.2 Å². The summed E-state index contributed by atoms with van der Waals surface area (Å²) < 4.78 is 14.3. The van der Waals surface area contributed by atoms with Gasteiger partial charge in [-0.1, -0.05) is 11.6 Å². The highest BCUT2D eigenvalue weighted by Crippen LogP contribution is 2.30. The lowest BCUT2D eigenvalue weighted by Crippen LogP contribution is -2.24. The van der Waals surface area contributed by atoms with Crippen LogP contribution in [0.3, 0.4) is 0 Å². The number of anilines is 1. The summed E-state index contributed by atoms with van der Waals surface area (Å²) in [6, 6.07) is 2.59. The van der Waals surface area contributed by atoms with E-state index >= 15 is 0 Å². The van der Waals surface area contributed by atoms with E-state index in [1.54, 1.807) is 0 Å². The van der Waals surface area contributed by atoms with Crippen LogP contribution in [0.5, 0.6) is 5.75 Å². The summed E-state index contributed by atoms with van der Waals surface area (Å²) in [4.78, 5) is 35.4. The summed E-state index contributed by atoms with van der Waals surface area (Å²) in [6.45, 7) is 0. The molecule has 3 rings (SSSR count). The van der Waals surface area contributed by atoms with Crippen LogP contribution in [0.1, 0.15) is 20.7 Å². The van der Waals surface area contributed by atoms with Crippen LogP contribution in [0.2, 0.25) is 5.02 Å². The lowest BCUT2D eigenvalue weighted by atomic mass is 10.1. The molecule has 0 unspecified atom stereocenters. The molecule has 0 atom stereocenters. The van der Waals surface area contributed by atoms with Gasteiger partial charge in [0.1, 0.15) is 17.4 Å². The van der Waals surface area contributed by atoms with E-state index in [1.807, 2.05) is 5.32 Å². The Balaban J connectivity index is 2.37. The van der Waals surface area contributed by atoms with Crippen LogP contribution in [-0.2, 0) is 0 Å². The van der Waals surface area contributed by atoms with Crippen LogP contribution in [0.25, 0.3) is 5.69 Å². The lowest BCUT2D eigenvalue weighted by Gasteiger charge is -2.13. The third-order valence-corrected chi connectivity index (χ3v) is 3.50. The summed E-state index contributed by atoms with van der Waals surface area (Å²) in [5.74, 6) is -3.31. The molecule has 2 amide bonds. The molecule has 1 aliphatic heterocycles. The predicted molar refractivity (Wildman–Crippen MR) is 74.9 cm³/mol. The van der Waals surface area contributed by atoms with Gasteiger partial charge in [0, 0.05) is 18.2 Å². The summed E-state index contributed by atoms with van der Waals surface area (Å²) in [7, 11) is 0. The van der Waals surface area contributed by atoms with E-state index < -0.39 is 28.9 Å². The van der Waals surface area contributed by atoms with Crippen molar-refractivity contribution < 1.29 is 19.1 Å². The highest BCUT2D eigenvalue weighted by molar-refractivity contribution is 6.31. The number of hydrogen-bond donors (Lipinski definition) is 3. The SMILES string of the molecule is Nc1c2c(cc(=O)n1-c1cc(F)c(Cl)cc1O)C(=O)NC2=O. The number of nitrogen functional groups attached to an aromatic ring is 1. The van der Waals surface area contributed by atoms with E-state index in [-0.39, 0.29) is 27.7 Å². The van der Waals surface area contributed by atoms with Crippen molar-refractivity contribution in [2.75, 3.05) is 5.73 Å². The van der Waals surface area contributed by atoms with Gasteiger partial charge in [-0.15, -0.1) is 0 Å². The largest absolute Gasteiger partial charge is 0.506 e. The van der Waals surface area contributed by atoms with E-state index in [0.29, 0.717) is 0 Å². The number of carbonyl (C=O) groups is 2. The first-order valence-corrected chi connectivity index (χ1v) is 6.28. The maximum atomic E-state index is 13.6. The van der Waals surface area contributed by atoms with Crippen molar-refractivity contribution in [3.8, 4) is 11.4 Å². The number of rotatable bonds is 1. The highest BCUT2D eigenvalue weighted by Gasteiger charge is 2.32. The van der Waals surface area contributed by atoms with E-state index in [4.69, 9.17) is 17.3 Å². The number of hydrogen-bond acceptors (Lipinski definition) is 5. The van der Waals surface area contributed by atoms with Crippen molar-refractivity contribution >= 4 is 29.2 Å². The summed E-state index contributed by atoms with van der Waals surface area (Å²) >= 11 is 5.53. The molecule has 1 aromatic heterocycles. The second-order valence-corrected chi connectivity index (χ2v) is 4.94. The molecule has 112 valence electrons. The number of phenolic OH excluding ortho intramolecular Hbond substituents is 1. The number of halogens is 2. The Bertz CT molecular complexity index is 922. The number of pyridine rings is 1. The van der Waals surface area contributed by atoms with Gasteiger partial charge >= 0.3 is 0 Å². The second-order valence-electron chi connectivity index (χ2n) is 4.53. The van der Waals surface area contributed by atoms with Crippen LogP contribution in [0, 0.1) is 5.82 Å². The number of amides is 2. The van der Waals surface area contributed by atoms with Crippen LogP contribution in [0.15, 0.2) is 23.0 Å². The Morgan fingerprint density at radius 1 is 1.18 bits per heavy atom. The fourth-order valence-corrected chi connectivity index (χ4v) is 2.39. The first kappa shape index (κ1) is 14.1. The van der Waals surface area contributed by atoms with Gasteiger partial charge in [-0.05, 0) is 0 Å². The standard InChI is InChI=1S/C13H7ClFN3O4/c14-5-2-8(19)7(3-6(5)15)18-9(20)1-4-10(11(18)16)13(22)17-12(4)21/h1-3,19H,16H2,(H,17,21,22). The molecule has 4 N–H and O–H groups in total. The Morgan fingerprint density at radius 3 is 2.55 bits per heavy atom. The molecular weight excluding hydrogens is 317 g/mol. The van der Waals surface area contributed by atoms with E-state index in [2.05, 4.69) is 0 Å². The van der Waals surface area contributed by atoms with Gasteiger partial charge in [-0.3, -0.25) is 24.3 Å². The molecule has 0 saturated heterocycles. The Labute approximate surface area is 126 Å². The number of benzene rings is 1. The maximum absolute atomic E-state index is 13.6. The Morgan fingerprint density at radius 2 is 1.86 bits per heavy atom. The monoisotopic (exact) mass is 323 g/mol. The van der Waals surface area contributed by atoms with Crippen LogP contribution < -0.4 is 16.6 Å². The number of carbonyl (C=O) groups excluding carboxylic acids is 2. The summed E-state index contributed by atoms with van der Waals surface area (Å²) in [5, 5.41) is 11.5. The van der Waals surface area contributed by atoms with Gasteiger partial charge in [-0.2, -0.15) is 0 Å². The fourth-order valence-electron chi connectivity index (χ4n) is 2.23. The second kappa shape index (κ2) is 4.57. The number of phenols is 1. The Hall–Kier alpha value is -2.87. The van der Waals surface area contributed by atoms with Gasteiger partial charge in [0.2, 0.25) is 0 Å². The highest BCUT2D eigenvalue weighted by atomic mass is 35.5. The third kappa shape index (κ3) is 1.85. The van der Waals surface area contributed by atoms with Crippen molar-refractivity contribution in [2.24, 2.45) is 0 Å². The molecule has 1 aromatic carbocycles. The molecule has 0 saturated carbocycles. The molecule has 1 aliphatic rings. The number of nitrogens with zero attached hydrogens (tertiary/aromatic N) is 1. The smallest absolute Gasteiger partial charge is 0.262 e. The van der Waals surface area contributed by atoms with Gasteiger partial charge in [0.25, 0.3) is 17.4 Å². The zero-order chi connectivity index (χ0) is 16.2. The van der Waals surface area contributed by atoms with Crippen LogP contribution >= 0.6 is 11.6 Å². The topological polar surface area (TPSA) is 114 Å². The third-order valence-electron chi connectivity index (χ3n) is 3.21. The van der Waals surface area contributed by atoms with Crippen molar-refractivity contribution in [1.29, 1.82) is 0 Å². The number of aromatic hydroxyl groups is 1. The number of aromatic nitrogens is 1. The number of imide groups is 1. The minimum Gasteiger partial charge on any atom is -0.506 e. The molecule has 9 heteroatoms. The van der Waals surface area contributed by atoms with E-state index in [0.717, 1.165) is 22.8 Å². The fraction of sp³-hybridized carbons (Fsp3) is 0. The maximum Gasteiger partial charge on any atom is 0.262 e. The number of fused-ring (bicyclic) bond motifs is 1. The zero-order valence-corrected chi connectivity index (χ0v) is 11.4. The average Bonchev–Trinajstić information content (AvgIpc) is 2.70. The molecule has 7 nitrogen and oxygen atoms in total. The molecule has 22 heavy (non-hydrogen) atoms. The van der Waals surface area contributed by atoms with Crippen molar-refractivity contribution in [1.82, 2.24) is 9.88 Å². The van der Waals surface area contributed by atoms with E-state index in [9.17, 15) is 23.9 Å². The van der Waals surface area contributed by atoms with Gasteiger partial charge in [0.15, 0.2) is 0 Å². The van der Waals surface area contributed by atoms with Crippen LogP contribution in [-0.4, -0.2) is 21.5 Å². The normalized spacial score (nSPS) is 13.2. The van der Waals surface area contributed by atoms with Gasteiger partial charge in [-0.25, -0.2) is 4.39 Å². The van der Waals surface area contributed by atoms with Crippen molar-refractivity contribution in [3.63, 3.8) is 0 Å². The minimum absolute atomic E-state index is 0.169. The van der Waals surface area contributed by atoms with Crippen molar-refractivity contribution in [2.45, 2.75) is 0 Å². The zero-order valence-electron chi connectivity index (χ0n) is 10.7. The molecule has 0 fully saturated rings. The molecule has 0 aliphatic carbocycles. The first-order chi connectivity index (χ1) is 10.3. The summed E-state index contributed by atoms with van der Waals surface area (Å²) in [5.41, 5.74) is 4.28. The Kier molecular flexibility index (Phi) is 2.92. The first-order valence-electron chi connectivity index (χ1n) is 5.91. The minimum atomic E-state index is -0.887. The molecule has 2 heterocycles. The average molecular weight is 324 g/mol. The van der Waals surface area contributed by atoms with Gasteiger partial charge in [0.05, 0.1) is 21.8 Å². The quantitative estimate of drug-likeness (QED) is 0.672. The molecule has 0 spiro atoms. The lowest BCUT2D eigenvalue weighted by molar-refractivity contribution is 0.0880. The van der Waals surface area contributed by atoms with Gasteiger partial charge < -0.3 is 10.8 Å². The number of nitrogens with one attached hydrogen (secondary N) is 1. The van der Waals surface area contributed by atoms with E-state index in [1.165, 1.54) is 0 Å².